The zero-order valence-electron chi connectivity index (χ0n) is 11.2. The van der Waals surface area contributed by atoms with Gasteiger partial charge in [-0.15, -0.1) is 0 Å². The molecule has 1 aliphatic carbocycles. The zero-order chi connectivity index (χ0) is 13.4. The van der Waals surface area contributed by atoms with Crippen molar-refractivity contribution in [2.75, 3.05) is 11.4 Å². The van der Waals surface area contributed by atoms with Crippen LogP contribution in [0.25, 0.3) is 0 Å². The topological polar surface area (TPSA) is 59.3 Å². The SMILES string of the molecule is CC1CC2CCCC1CN2c1ccc([N+](=O)[O-])cn1. The van der Waals surface area contributed by atoms with E-state index in [1.54, 1.807) is 12.1 Å². The maximum Gasteiger partial charge on any atom is 0.287 e. The summed E-state index contributed by atoms with van der Waals surface area (Å²) in [5.41, 5.74) is 0.0668. The Morgan fingerprint density at radius 2 is 2.26 bits per heavy atom. The molecule has 0 aromatic carbocycles. The van der Waals surface area contributed by atoms with Crippen molar-refractivity contribution in [3.63, 3.8) is 0 Å². The molecule has 5 nitrogen and oxygen atoms in total. The molecule has 19 heavy (non-hydrogen) atoms. The molecule has 1 saturated carbocycles. The van der Waals surface area contributed by atoms with Gasteiger partial charge in [-0.25, -0.2) is 4.98 Å². The number of rotatable bonds is 2. The molecular formula is C14H19N3O2. The summed E-state index contributed by atoms with van der Waals surface area (Å²) in [7, 11) is 0. The van der Waals surface area contributed by atoms with Crippen molar-refractivity contribution in [1.29, 1.82) is 0 Å². The zero-order valence-corrected chi connectivity index (χ0v) is 11.2. The molecule has 0 N–H and O–H groups in total. The molecule has 0 spiro atoms. The van der Waals surface area contributed by atoms with Gasteiger partial charge in [0.15, 0.2) is 0 Å². The molecule has 3 unspecified atom stereocenters. The molecular weight excluding hydrogens is 242 g/mol. The van der Waals surface area contributed by atoms with E-state index in [4.69, 9.17) is 0 Å². The lowest BCUT2D eigenvalue weighted by Gasteiger charge is -2.41. The van der Waals surface area contributed by atoms with E-state index in [0.717, 1.165) is 24.2 Å². The van der Waals surface area contributed by atoms with Crippen LogP contribution in [0.15, 0.2) is 18.3 Å². The molecule has 0 radical (unpaired) electrons. The van der Waals surface area contributed by atoms with E-state index in [1.165, 1.54) is 31.9 Å². The molecule has 5 heteroatoms. The smallest absolute Gasteiger partial charge is 0.287 e. The molecule has 102 valence electrons. The van der Waals surface area contributed by atoms with Gasteiger partial charge < -0.3 is 4.90 Å². The summed E-state index contributed by atoms with van der Waals surface area (Å²) >= 11 is 0. The highest BCUT2D eigenvalue weighted by Crippen LogP contribution is 2.39. The Hall–Kier alpha value is -1.65. The fourth-order valence-electron chi connectivity index (χ4n) is 3.53. The Balaban J connectivity index is 1.84. The maximum atomic E-state index is 10.7. The quantitative estimate of drug-likeness (QED) is 0.606. The van der Waals surface area contributed by atoms with Gasteiger partial charge in [0, 0.05) is 18.7 Å². The lowest BCUT2D eigenvalue weighted by Crippen LogP contribution is -2.45. The number of nitrogens with zero attached hydrogens (tertiary/aromatic N) is 3. The molecule has 0 amide bonds. The van der Waals surface area contributed by atoms with Crippen LogP contribution in [0.1, 0.15) is 32.6 Å². The third-order valence-corrected chi connectivity index (χ3v) is 4.67. The van der Waals surface area contributed by atoms with E-state index in [1.807, 2.05) is 0 Å². The first-order chi connectivity index (χ1) is 9.15. The standard InChI is InChI=1S/C14H19N3O2/c1-10-7-12-4-2-3-11(10)9-16(12)14-6-5-13(8-15-14)17(18)19/h5-6,8,10-12H,2-4,7,9H2,1H3. The molecule has 2 saturated heterocycles. The molecule has 3 atom stereocenters. The predicted octanol–water partition coefficient (Wildman–Crippen LogP) is 3.00. The summed E-state index contributed by atoms with van der Waals surface area (Å²) in [5, 5.41) is 10.7. The number of anilines is 1. The van der Waals surface area contributed by atoms with Gasteiger partial charge in [-0.05, 0) is 37.2 Å². The van der Waals surface area contributed by atoms with Gasteiger partial charge in [-0.2, -0.15) is 0 Å². The fourth-order valence-corrected chi connectivity index (χ4v) is 3.53. The normalized spacial score (nSPS) is 30.2. The number of pyridine rings is 1. The number of hydrogen-bond donors (Lipinski definition) is 0. The van der Waals surface area contributed by atoms with Crippen LogP contribution >= 0.6 is 0 Å². The minimum absolute atomic E-state index is 0.0668. The van der Waals surface area contributed by atoms with Gasteiger partial charge in [-0.3, -0.25) is 10.1 Å². The van der Waals surface area contributed by atoms with Crippen LogP contribution in [-0.2, 0) is 0 Å². The number of aromatic nitrogens is 1. The Morgan fingerprint density at radius 3 is 2.95 bits per heavy atom. The van der Waals surface area contributed by atoms with Crippen molar-refractivity contribution in [1.82, 2.24) is 4.98 Å². The number of piperidine rings is 1. The molecule has 3 aliphatic rings. The van der Waals surface area contributed by atoms with Gasteiger partial charge in [0.1, 0.15) is 12.0 Å². The van der Waals surface area contributed by atoms with Crippen LogP contribution in [0.4, 0.5) is 11.5 Å². The van der Waals surface area contributed by atoms with Crippen molar-refractivity contribution in [3.05, 3.63) is 28.4 Å². The second kappa shape index (κ2) is 4.79. The number of nitro groups is 1. The average Bonchev–Trinajstić information content (AvgIpc) is 2.71. The Morgan fingerprint density at radius 1 is 1.42 bits per heavy atom. The number of hydrogen-bond acceptors (Lipinski definition) is 4. The lowest BCUT2D eigenvalue weighted by molar-refractivity contribution is -0.385. The van der Waals surface area contributed by atoms with E-state index in [-0.39, 0.29) is 5.69 Å². The number of fused-ring (bicyclic) bond motifs is 4. The molecule has 3 fully saturated rings. The Labute approximate surface area is 112 Å². The molecule has 2 aliphatic heterocycles. The van der Waals surface area contributed by atoms with E-state index in [0.29, 0.717) is 6.04 Å². The second-order valence-corrected chi connectivity index (χ2v) is 5.84. The van der Waals surface area contributed by atoms with Crippen molar-refractivity contribution >= 4 is 11.5 Å². The first kappa shape index (κ1) is 12.4. The summed E-state index contributed by atoms with van der Waals surface area (Å²) in [6.07, 6.45) is 6.42. The highest BCUT2D eigenvalue weighted by molar-refractivity contribution is 5.44. The van der Waals surface area contributed by atoms with Crippen LogP contribution in [-0.4, -0.2) is 22.5 Å². The highest BCUT2D eigenvalue weighted by Gasteiger charge is 2.36. The molecule has 3 heterocycles. The lowest BCUT2D eigenvalue weighted by atomic mass is 9.84. The fraction of sp³-hybridized carbons (Fsp3) is 0.643. The van der Waals surface area contributed by atoms with Gasteiger partial charge >= 0.3 is 0 Å². The van der Waals surface area contributed by atoms with E-state index >= 15 is 0 Å². The molecule has 2 bridgehead atoms. The Bertz CT molecular complexity index is 474. The molecule has 1 aromatic heterocycles. The second-order valence-electron chi connectivity index (χ2n) is 5.84. The summed E-state index contributed by atoms with van der Waals surface area (Å²) in [4.78, 5) is 16.9. The largest absolute Gasteiger partial charge is 0.353 e. The van der Waals surface area contributed by atoms with Crippen LogP contribution in [0.2, 0.25) is 0 Å². The van der Waals surface area contributed by atoms with E-state index < -0.39 is 4.92 Å². The van der Waals surface area contributed by atoms with Crippen LogP contribution in [0.5, 0.6) is 0 Å². The minimum atomic E-state index is -0.395. The van der Waals surface area contributed by atoms with Crippen molar-refractivity contribution in [3.8, 4) is 0 Å². The summed E-state index contributed by atoms with van der Waals surface area (Å²) in [6.45, 7) is 3.40. The van der Waals surface area contributed by atoms with Gasteiger partial charge in [0.2, 0.25) is 0 Å². The average molecular weight is 261 g/mol. The van der Waals surface area contributed by atoms with Gasteiger partial charge in [-0.1, -0.05) is 13.3 Å². The van der Waals surface area contributed by atoms with Crippen LogP contribution in [0, 0.1) is 22.0 Å². The van der Waals surface area contributed by atoms with E-state index in [9.17, 15) is 10.1 Å². The van der Waals surface area contributed by atoms with Gasteiger partial charge in [0.25, 0.3) is 5.69 Å². The highest BCUT2D eigenvalue weighted by atomic mass is 16.6. The molecule has 1 aromatic rings. The predicted molar refractivity (Wildman–Crippen MR) is 73.1 cm³/mol. The van der Waals surface area contributed by atoms with Gasteiger partial charge in [0.05, 0.1) is 4.92 Å². The summed E-state index contributed by atoms with van der Waals surface area (Å²) in [6, 6.07) is 3.91. The third-order valence-electron chi connectivity index (χ3n) is 4.67. The van der Waals surface area contributed by atoms with Crippen molar-refractivity contribution < 1.29 is 4.92 Å². The third kappa shape index (κ3) is 2.29. The van der Waals surface area contributed by atoms with Crippen molar-refractivity contribution in [2.45, 2.75) is 38.6 Å². The van der Waals surface area contributed by atoms with E-state index in [2.05, 4.69) is 16.8 Å². The molecule has 4 rings (SSSR count). The summed E-state index contributed by atoms with van der Waals surface area (Å²) in [5.74, 6) is 2.44. The van der Waals surface area contributed by atoms with Crippen LogP contribution in [0.3, 0.4) is 0 Å². The van der Waals surface area contributed by atoms with Crippen molar-refractivity contribution in [2.24, 2.45) is 11.8 Å². The van der Waals surface area contributed by atoms with Crippen LogP contribution < -0.4 is 4.90 Å². The first-order valence-electron chi connectivity index (χ1n) is 7.02. The Kier molecular flexibility index (Phi) is 3.12. The first-order valence-corrected chi connectivity index (χ1v) is 7.02. The maximum absolute atomic E-state index is 10.7. The summed E-state index contributed by atoms with van der Waals surface area (Å²) < 4.78 is 0. The minimum Gasteiger partial charge on any atom is -0.353 e. The monoisotopic (exact) mass is 261 g/mol.